The summed E-state index contributed by atoms with van der Waals surface area (Å²) in [6, 6.07) is 11.8. The molecule has 0 spiro atoms. The Morgan fingerprint density at radius 3 is 0.786 bits per heavy atom. The first-order valence-corrected chi connectivity index (χ1v) is 32.4. The molecule has 3 rings (SSSR count). The van der Waals surface area contributed by atoms with Crippen molar-refractivity contribution in [2.45, 2.75) is 299 Å². The van der Waals surface area contributed by atoms with Crippen LogP contribution in [0.5, 0.6) is 17.2 Å². The van der Waals surface area contributed by atoms with Gasteiger partial charge < -0.3 is 34.3 Å². The van der Waals surface area contributed by atoms with Crippen molar-refractivity contribution in [3.05, 3.63) is 86.5 Å². The number of phenols is 3. The average molecular weight is 1190 g/mol. The van der Waals surface area contributed by atoms with Gasteiger partial charge in [0.05, 0.1) is 0 Å². The molecule has 3 aromatic carbocycles. The van der Waals surface area contributed by atoms with E-state index in [1.54, 1.807) is 0 Å². The molecule has 0 aliphatic heterocycles. The van der Waals surface area contributed by atoms with Crippen LogP contribution in [0, 0.1) is 5.41 Å². The second-order valence-corrected chi connectivity index (χ2v) is 31.1. The molecule has 0 amide bonds. The van der Waals surface area contributed by atoms with Crippen molar-refractivity contribution in [1.29, 1.82) is 0 Å². The third kappa shape index (κ3) is 25.0. The van der Waals surface area contributed by atoms with Gasteiger partial charge in [0.1, 0.15) is 49.1 Å². The molecular weight excluding hydrogens is 1070 g/mol. The molecule has 10 nitrogen and oxygen atoms in total. The van der Waals surface area contributed by atoms with E-state index in [1.165, 1.54) is 70.6 Å². The molecule has 84 heavy (non-hydrogen) atoms. The fourth-order valence-corrected chi connectivity index (χ4v) is 10.8. The third-order valence-corrected chi connectivity index (χ3v) is 16.4. The quantitative estimate of drug-likeness (QED) is 0.0237. The Balaban J connectivity index is 1.95. The van der Waals surface area contributed by atoms with Crippen LogP contribution in [0.3, 0.4) is 0 Å². The van der Waals surface area contributed by atoms with Crippen LogP contribution in [0.4, 0.5) is 0 Å². The highest BCUT2D eigenvalue weighted by Crippen LogP contribution is 2.43. The first kappa shape index (κ1) is 73.6. The summed E-state index contributed by atoms with van der Waals surface area (Å²) in [7, 11) is 0. The predicted molar refractivity (Wildman–Crippen MR) is 350 cm³/mol. The van der Waals surface area contributed by atoms with Gasteiger partial charge in [-0.3, -0.25) is 14.4 Å². The molecule has 0 aliphatic carbocycles. The van der Waals surface area contributed by atoms with Gasteiger partial charge in [0.15, 0.2) is 5.05 Å². The number of carbonyl (C=O) groups excluding carboxylic acids is 3. The summed E-state index contributed by atoms with van der Waals surface area (Å²) < 4.78 is 24.8. The normalized spacial score (nSPS) is 12.8. The minimum absolute atomic E-state index is 0.0193. The van der Waals surface area contributed by atoms with Crippen LogP contribution in [-0.2, 0) is 85.1 Å². The van der Waals surface area contributed by atoms with E-state index in [-0.39, 0.29) is 95.4 Å². The first-order chi connectivity index (χ1) is 38.8. The number of benzene rings is 3. The Bertz CT molecular complexity index is 2230. The topological polar surface area (TPSA) is 149 Å². The highest BCUT2D eigenvalue weighted by molar-refractivity contribution is 7.80. The number of unbranched alkanes of at least 4 members (excludes halogenated alkanes) is 13. The zero-order valence-corrected chi connectivity index (χ0v) is 57.1. The van der Waals surface area contributed by atoms with Crippen LogP contribution >= 0.6 is 12.2 Å². The molecule has 3 N–H and O–H groups in total. The van der Waals surface area contributed by atoms with Crippen molar-refractivity contribution in [1.82, 2.24) is 0 Å². The van der Waals surface area contributed by atoms with Crippen LogP contribution in [0.25, 0.3) is 0 Å². The molecular formula is C73H116O10S. The molecule has 0 aliphatic rings. The molecule has 0 heterocycles. The highest BCUT2D eigenvalue weighted by atomic mass is 32.1. The molecule has 0 bridgehead atoms. The van der Waals surface area contributed by atoms with Crippen molar-refractivity contribution in [2.75, 3.05) is 26.4 Å². The number of phenolic OH excluding ortho intramolecular Hbond substituents is 3. The van der Waals surface area contributed by atoms with Gasteiger partial charge in [0.25, 0.3) is 0 Å². The maximum atomic E-state index is 14.0. The van der Waals surface area contributed by atoms with E-state index in [9.17, 15) is 29.7 Å². The second kappa shape index (κ2) is 32.4. The lowest BCUT2D eigenvalue weighted by molar-refractivity contribution is -0.164. The summed E-state index contributed by atoms with van der Waals surface area (Å²) in [4.78, 5) is 42.1. The van der Waals surface area contributed by atoms with Crippen molar-refractivity contribution in [2.24, 2.45) is 5.41 Å². The van der Waals surface area contributed by atoms with E-state index >= 15 is 0 Å². The number of ether oxygens (including phenoxy) is 4. The lowest BCUT2D eigenvalue weighted by Gasteiger charge is -2.32. The molecule has 0 saturated carbocycles. The van der Waals surface area contributed by atoms with Gasteiger partial charge in [0, 0.05) is 25.7 Å². The Morgan fingerprint density at radius 2 is 0.560 bits per heavy atom. The van der Waals surface area contributed by atoms with E-state index in [4.69, 9.17) is 31.2 Å². The van der Waals surface area contributed by atoms with Gasteiger partial charge in [0.2, 0.25) is 0 Å². The van der Waals surface area contributed by atoms with Crippen LogP contribution in [0.1, 0.15) is 297 Å². The average Bonchev–Trinajstić information content (AvgIpc) is 2.98. The first-order valence-electron chi connectivity index (χ1n) is 32.0. The number of rotatable bonds is 32. The van der Waals surface area contributed by atoms with Gasteiger partial charge in [-0.15, -0.1) is 0 Å². The summed E-state index contributed by atoms with van der Waals surface area (Å²) in [5, 5.41) is 34.6. The van der Waals surface area contributed by atoms with Crippen molar-refractivity contribution in [3.8, 4) is 17.2 Å². The smallest absolute Gasteiger partial charge is 0.306 e. The fourth-order valence-electron chi connectivity index (χ4n) is 10.6. The molecule has 0 aromatic heterocycles. The maximum Gasteiger partial charge on any atom is 0.306 e. The minimum Gasteiger partial charge on any atom is -0.507 e. The second-order valence-electron chi connectivity index (χ2n) is 30.6. The van der Waals surface area contributed by atoms with Crippen LogP contribution in [0.15, 0.2) is 36.4 Å². The summed E-state index contributed by atoms with van der Waals surface area (Å²) in [5.74, 6) is -0.722. The fraction of sp³-hybridized carbons (Fsp3) is 0.699. The molecule has 3 aromatic rings. The van der Waals surface area contributed by atoms with Crippen LogP contribution < -0.4 is 0 Å². The van der Waals surface area contributed by atoms with E-state index in [1.807, 2.05) is 36.4 Å². The molecule has 474 valence electrons. The largest absolute Gasteiger partial charge is 0.507 e. The van der Waals surface area contributed by atoms with E-state index in [0.717, 1.165) is 69.3 Å². The zero-order valence-electron chi connectivity index (χ0n) is 56.2. The lowest BCUT2D eigenvalue weighted by atomic mass is 9.78. The molecule has 0 radical (unpaired) electrons. The summed E-state index contributed by atoms with van der Waals surface area (Å²) in [6.07, 6.45) is 18.9. The van der Waals surface area contributed by atoms with Crippen molar-refractivity contribution in [3.63, 3.8) is 0 Å². The third-order valence-electron chi connectivity index (χ3n) is 16.1. The predicted octanol–water partition coefficient (Wildman–Crippen LogP) is 18.6. The minimum atomic E-state index is -1.35. The monoisotopic (exact) mass is 1180 g/mol. The summed E-state index contributed by atoms with van der Waals surface area (Å²) >= 11 is 5.86. The van der Waals surface area contributed by atoms with Crippen molar-refractivity contribution >= 4 is 35.2 Å². The number of thiocarbonyl (C=S) groups is 1. The number of esters is 3. The van der Waals surface area contributed by atoms with Gasteiger partial charge in [-0.1, -0.05) is 251 Å². The SMILES string of the molecule is CCCCCCCCCCCCCCCCC(=S)OCC(COC(=O)CCc1cc(C(C)(C)C)c(O)c(C(C)(C)C)c1)(COC(=O)CCc1cc(C(C)(C)C)c(O)c(C(C)(C)C)c1)COC(=O)CCc1cc(C(C)(C)C)c(O)c(C(C)(C)C)c1. The molecule has 11 heteroatoms. The Kier molecular flexibility index (Phi) is 28.4. The number of aryl methyl sites for hydroxylation is 3. The Labute approximate surface area is 515 Å². The number of hydrogen-bond donors (Lipinski definition) is 3. The van der Waals surface area contributed by atoms with Crippen LogP contribution in [0.2, 0.25) is 0 Å². The lowest BCUT2D eigenvalue weighted by Crippen LogP contribution is -2.44. The number of carbonyl (C=O) groups is 3. The Morgan fingerprint density at radius 1 is 0.345 bits per heavy atom. The van der Waals surface area contributed by atoms with Gasteiger partial charge >= 0.3 is 17.9 Å². The van der Waals surface area contributed by atoms with E-state index in [2.05, 4.69) is 132 Å². The van der Waals surface area contributed by atoms with Crippen molar-refractivity contribution < 1.29 is 48.7 Å². The van der Waals surface area contributed by atoms with E-state index < -0.39 is 23.3 Å². The van der Waals surface area contributed by atoms with Gasteiger partial charge in [-0.2, -0.15) is 0 Å². The summed E-state index contributed by atoms with van der Waals surface area (Å²) in [6.45, 7) is 38.2. The van der Waals surface area contributed by atoms with Crippen LogP contribution in [-0.4, -0.2) is 64.7 Å². The zero-order chi connectivity index (χ0) is 63.5. The highest BCUT2D eigenvalue weighted by Gasteiger charge is 2.38. The van der Waals surface area contributed by atoms with Gasteiger partial charge in [-0.05, 0) is 120 Å². The molecule has 0 unspecified atom stereocenters. The van der Waals surface area contributed by atoms with E-state index in [0.29, 0.717) is 30.7 Å². The number of aromatic hydroxyl groups is 3. The molecule has 0 saturated heterocycles. The number of hydrogen-bond acceptors (Lipinski definition) is 11. The van der Waals surface area contributed by atoms with Gasteiger partial charge in [-0.25, -0.2) is 0 Å². The Hall–Kier alpha value is -4.64. The maximum absolute atomic E-state index is 14.0. The summed E-state index contributed by atoms with van der Waals surface area (Å²) in [5.41, 5.74) is 3.98. The molecule has 0 atom stereocenters. The standard InChI is InChI=1S/C73H116O10S/c1-20-21-22-23-24-25-26-27-28-29-30-31-32-33-34-63(84)83-50-73(47-80-60(74)38-35-51-41-54(67(2,3)4)64(77)55(42-51)68(5,6)7,48-81-61(75)39-36-52-43-56(69(8,9)10)65(78)57(44-52)70(11,12)13)49-82-62(76)40-37-53-45-58(71(14,15)16)66(79)59(46-53)72(17,18)19/h41-46,77-79H,20-40,47-50H2,1-19H3. The molecule has 0 fully saturated rings.